The molecular formula is C39H42ClN7O6. The molecule has 4 amide bonds. The van der Waals surface area contributed by atoms with E-state index in [2.05, 4.69) is 25.4 Å². The fourth-order valence-electron chi connectivity index (χ4n) is 7.30. The Kier molecular flexibility index (Phi) is 11.1. The molecule has 1 atom stereocenters. The zero-order valence-corrected chi connectivity index (χ0v) is 30.1. The van der Waals surface area contributed by atoms with Crippen molar-refractivity contribution in [2.75, 3.05) is 44.2 Å². The van der Waals surface area contributed by atoms with Crippen LogP contribution in [-0.2, 0) is 16.1 Å². The van der Waals surface area contributed by atoms with Gasteiger partial charge in [0.15, 0.2) is 0 Å². The van der Waals surface area contributed by atoms with Crippen molar-refractivity contribution in [2.24, 2.45) is 0 Å². The van der Waals surface area contributed by atoms with E-state index < -0.39 is 11.9 Å². The molecule has 0 spiro atoms. The number of carbonyl (C=O) groups excluding carboxylic acids is 4. The van der Waals surface area contributed by atoms with E-state index in [0.29, 0.717) is 65.6 Å². The molecule has 14 heteroatoms. The van der Waals surface area contributed by atoms with Gasteiger partial charge in [-0.25, -0.2) is 4.98 Å². The second-order valence-electron chi connectivity index (χ2n) is 14.0. The summed E-state index contributed by atoms with van der Waals surface area (Å²) in [5.74, 6) is 1.09. The van der Waals surface area contributed by atoms with Crippen molar-refractivity contribution in [2.45, 2.75) is 69.7 Å². The van der Waals surface area contributed by atoms with Gasteiger partial charge in [0.05, 0.1) is 29.3 Å². The van der Waals surface area contributed by atoms with E-state index in [0.717, 1.165) is 63.4 Å². The number of hydrogen-bond acceptors (Lipinski definition) is 10. The summed E-state index contributed by atoms with van der Waals surface area (Å²) in [6, 6.07) is 15.6. The first-order valence-electron chi connectivity index (χ1n) is 18.3. The van der Waals surface area contributed by atoms with E-state index in [4.69, 9.17) is 26.3 Å². The van der Waals surface area contributed by atoms with Gasteiger partial charge in [0, 0.05) is 74.9 Å². The lowest BCUT2D eigenvalue weighted by molar-refractivity contribution is -0.136. The molecule has 1 aliphatic carbocycles. The van der Waals surface area contributed by atoms with Crippen LogP contribution >= 0.6 is 11.6 Å². The monoisotopic (exact) mass is 739 g/mol. The minimum Gasteiger partial charge on any atom is -0.493 e. The Morgan fingerprint density at radius 1 is 1.04 bits per heavy atom. The average Bonchev–Trinajstić information content (AvgIpc) is 3.48. The number of piperidine rings is 1. The van der Waals surface area contributed by atoms with Crippen LogP contribution < -0.4 is 25.0 Å². The third-order valence-corrected chi connectivity index (χ3v) is 10.7. The normalized spacial score (nSPS) is 21.4. The molecule has 2 N–H and O–H groups in total. The fraction of sp³-hybridized carbons (Fsp3) is 0.436. The third-order valence-electron chi connectivity index (χ3n) is 10.4. The number of fused-ring (bicyclic) bond motifs is 1. The third kappa shape index (κ3) is 8.40. The molecule has 7 rings (SSSR count). The van der Waals surface area contributed by atoms with Crippen molar-refractivity contribution in [1.29, 1.82) is 5.26 Å². The molecule has 3 aliphatic heterocycles. The van der Waals surface area contributed by atoms with Crippen LogP contribution in [0.3, 0.4) is 0 Å². The van der Waals surface area contributed by atoms with Crippen molar-refractivity contribution in [3.63, 3.8) is 0 Å². The highest BCUT2D eigenvalue weighted by Crippen LogP contribution is 2.34. The Morgan fingerprint density at radius 3 is 2.60 bits per heavy atom. The Morgan fingerprint density at radius 2 is 1.87 bits per heavy atom. The van der Waals surface area contributed by atoms with Crippen LogP contribution in [-0.4, -0.2) is 95.9 Å². The zero-order chi connectivity index (χ0) is 36.9. The molecule has 3 aromatic rings. The largest absolute Gasteiger partial charge is 0.493 e. The van der Waals surface area contributed by atoms with Crippen molar-refractivity contribution in [1.82, 2.24) is 25.4 Å². The smallest absolute Gasteiger partial charge is 0.255 e. The molecular weight excluding hydrogens is 698 g/mol. The summed E-state index contributed by atoms with van der Waals surface area (Å²) in [6.07, 6.45) is 6.53. The Labute approximate surface area is 313 Å². The van der Waals surface area contributed by atoms with Gasteiger partial charge in [0.25, 0.3) is 11.8 Å². The SMILES string of the molecule is N#Cc1ccc(OC2CC(NC(=O)c3ccc(N4CCN(CCCCCOc5cccc6c5CN(C5CCC(=O)NC5=O)C6=O)CC4)nc3)C2)cc1Cl. The number of nitrogens with zero attached hydrogens (tertiary/aromatic N) is 5. The Bertz CT molecular complexity index is 1900. The number of aromatic nitrogens is 1. The number of imide groups is 1. The van der Waals surface area contributed by atoms with E-state index in [-0.39, 0.29) is 36.3 Å². The molecule has 3 fully saturated rings. The van der Waals surface area contributed by atoms with Crippen LogP contribution in [0.2, 0.25) is 5.02 Å². The zero-order valence-electron chi connectivity index (χ0n) is 29.4. The highest BCUT2D eigenvalue weighted by atomic mass is 35.5. The molecule has 1 unspecified atom stereocenters. The number of piperazine rings is 1. The number of pyridine rings is 1. The van der Waals surface area contributed by atoms with Gasteiger partial charge in [-0.3, -0.25) is 29.4 Å². The number of rotatable bonds is 13. The van der Waals surface area contributed by atoms with E-state index in [9.17, 15) is 19.2 Å². The van der Waals surface area contributed by atoms with Gasteiger partial charge in [-0.05, 0) is 68.6 Å². The number of anilines is 1. The summed E-state index contributed by atoms with van der Waals surface area (Å²) in [6.45, 7) is 5.45. The number of halogens is 1. The van der Waals surface area contributed by atoms with E-state index in [1.54, 1.807) is 41.4 Å². The number of nitriles is 1. The lowest BCUT2D eigenvalue weighted by Gasteiger charge is -2.36. The molecule has 276 valence electrons. The molecule has 0 bridgehead atoms. The highest BCUT2D eigenvalue weighted by Gasteiger charge is 2.40. The first-order valence-corrected chi connectivity index (χ1v) is 18.6. The van der Waals surface area contributed by atoms with Gasteiger partial charge >= 0.3 is 0 Å². The molecule has 0 radical (unpaired) electrons. The maximum atomic E-state index is 13.1. The standard InChI is InChI=1S/C39H42ClN7O6/c40-32-21-28(9-7-25(32)22-41)53-29-19-27(20-29)43-37(49)26-8-11-35(42-23-26)46-16-14-45(15-17-46)13-2-1-3-18-52-34-6-4-5-30-31(34)24-47(39(30)51)33-10-12-36(48)44-38(33)50/h4-9,11,21,23,27,29,33H,1-3,10,12-20,24H2,(H,43,49)(H,44,48,50). The first-order chi connectivity index (χ1) is 25.7. The number of hydrogen-bond donors (Lipinski definition) is 2. The fourth-order valence-corrected chi connectivity index (χ4v) is 7.51. The molecule has 4 aliphatic rings. The highest BCUT2D eigenvalue weighted by molar-refractivity contribution is 6.31. The minimum atomic E-state index is -0.643. The summed E-state index contributed by atoms with van der Waals surface area (Å²) in [5, 5.41) is 14.8. The topological polar surface area (TPSA) is 157 Å². The number of nitrogens with one attached hydrogen (secondary N) is 2. The molecule has 53 heavy (non-hydrogen) atoms. The lowest BCUT2D eigenvalue weighted by Crippen LogP contribution is -2.52. The lowest BCUT2D eigenvalue weighted by atomic mass is 9.89. The van der Waals surface area contributed by atoms with Gasteiger partial charge in [-0.15, -0.1) is 0 Å². The van der Waals surface area contributed by atoms with Crippen LogP contribution in [0.25, 0.3) is 0 Å². The summed E-state index contributed by atoms with van der Waals surface area (Å²) in [5.41, 5.74) is 2.29. The van der Waals surface area contributed by atoms with Gasteiger partial charge in [-0.1, -0.05) is 17.7 Å². The van der Waals surface area contributed by atoms with Crippen molar-refractivity contribution in [3.8, 4) is 17.6 Å². The minimum absolute atomic E-state index is 0.0182. The summed E-state index contributed by atoms with van der Waals surface area (Å²) in [7, 11) is 0. The van der Waals surface area contributed by atoms with Crippen molar-refractivity contribution in [3.05, 3.63) is 82.0 Å². The number of carbonyl (C=O) groups is 4. The van der Waals surface area contributed by atoms with Crippen LogP contribution in [0.4, 0.5) is 5.82 Å². The number of benzene rings is 2. The number of amides is 4. The Hall–Kier alpha value is -5.19. The number of unbranched alkanes of at least 4 members (excludes halogenated alkanes) is 2. The van der Waals surface area contributed by atoms with Crippen LogP contribution in [0, 0.1) is 11.3 Å². The van der Waals surface area contributed by atoms with Gasteiger partial charge in [-0.2, -0.15) is 5.26 Å². The van der Waals surface area contributed by atoms with Gasteiger partial charge in [0.2, 0.25) is 11.8 Å². The number of ether oxygens (including phenoxy) is 2. The second-order valence-corrected chi connectivity index (χ2v) is 14.4. The summed E-state index contributed by atoms with van der Waals surface area (Å²) in [4.78, 5) is 60.7. The second kappa shape index (κ2) is 16.2. The molecule has 2 saturated heterocycles. The molecule has 1 aromatic heterocycles. The van der Waals surface area contributed by atoms with E-state index in [1.807, 2.05) is 24.3 Å². The molecule has 1 saturated carbocycles. The van der Waals surface area contributed by atoms with E-state index in [1.165, 1.54) is 0 Å². The van der Waals surface area contributed by atoms with Gasteiger partial charge in [0.1, 0.15) is 35.5 Å². The average molecular weight is 740 g/mol. The molecule has 13 nitrogen and oxygen atoms in total. The van der Waals surface area contributed by atoms with Crippen LogP contribution in [0.1, 0.15) is 76.8 Å². The maximum Gasteiger partial charge on any atom is 0.255 e. The van der Waals surface area contributed by atoms with Crippen molar-refractivity contribution >= 4 is 41.0 Å². The maximum absolute atomic E-state index is 13.1. The van der Waals surface area contributed by atoms with Crippen LogP contribution in [0.5, 0.6) is 11.5 Å². The molecule has 4 heterocycles. The van der Waals surface area contributed by atoms with Crippen LogP contribution in [0.15, 0.2) is 54.7 Å². The van der Waals surface area contributed by atoms with E-state index >= 15 is 0 Å². The summed E-state index contributed by atoms with van der Waals surface area (Å²) < 4.78 is 12.0. The molecule has 2 aromatic carbocycles. The van der Waals surface area contributed by atoms with Gasteiger partial charge < -0.3 is 24.6 Å². The van der Waals surface area contributed by atoms with Crippen molar-refractivity contribution < 1.29 is 28.7 Å². The Balaban J connectivity index is 0.771. The quantitative estimate of drug-likeness (QED) is 0.194. The summed E-state index contributed by atoms with van der Waals surface area (Å²) >= 11 is 6.10. The first kappa shape index (κ1) is 36.2. The predicted molar refractivity (Wildman–Crippen MR) is 196 cm³/mol. The predicted octanol–water partition coefficient (Wildman–Crippen LogP) is 4.08.